The van der Waals surface area contributed by atoms with E-state index in [1.165, 1.54) is 5.56 Å². The van der Waals surface area contributed by atoms with Gasteiger partial charge in [-0.25, -0.2) is 0 Å². The average molecular weight is 233 g/mol. The largest absolute Gasteiger partial charge is 0.494 e. The minimum absolute atomic E-state index is 0.447. The molecule has 0 bridgehead atoms. The molecule has 0 saturated heterocycles. The predicted octanol–water partition coefficient (Wildman–Crippen LogP) is 3.24. The van der Waals surface area contributed by atoms with Crippen LogP contribution in [0, 0.1) is 0 Å². The quantitative estimate of drug-likeness (QED) is 0.862. The zero-order chi connectivity index (χ0) is 12.3. The van der Waals surface area contributed by atoms with Gasteiger partial charge in [0, 0.05) is 10.9 Å². The summed E-state index contributed by atoms with van der Waals surface area (Å²) in [6.45, 7) is 5.40. The predicted molar refractivity (Wildman–Crippen MR) is 69.3 cm³/mol. The molecule has 1 heterocycles. The molecule has 0 saturated carbocycles. The Morgan fingerprint density at radius 1 is 1.29 bits per heavy atom. The summed E-state index contributed by atoms with van der Waals surface area (Å²) in [5.41, 5.74) is 7.78. The highest BCUT2D eigenvalue weighted by molar-refractivity contribution is 5.83. The van der Waals surface area contributed by atoms with Crippen molar-refractivity contribution in [1.82, 2.24) is 0 Å². The van der Waals surface area contributed by atoms with Gasteiger partial charge in [0.15, 0.2) is 0 Å². The topological polar surface area (TPSA) is 48.4 Å². The number of hydrogen-bond acceptors (Lipinski definition) is 3. The third-order valence-corrected chi connectivity index (χ3v) is 2.86. The molecule has 0 aliphatic carbocycles. The van der Waals surface area contributed by atoms with Crippen LogP contribution in [-0.4, -0.2) is 6.61 Å². The van der Waals surface area contributed by atoms with Crippen molar-refractivity contribution < 1.29 is 9.15 Å². The van der Waals surface area contributed by atoms with Crippen LogP contribution < -0.4 is 10.5 Å². The Kier molecular flexibility index (Phi) is 3.69. The van der Waals surface area contributed by atoms with Gasteiger partial charge in [-0.1, -0.05) is 13.8 Å². The summed E-state index contributed by atoms with van der Waals surface area (Å²) in [5.74, 6) is 1.79. The van der Waals surface area contributed by atoms with Crippen molar-refractivity contribution in [2.75, 3.05) is 6.61 Å². The van der Waals surface area contributed by atoms with Crippen LogP contribution in [0.15, 0.2) is 22.6 Å². The van der Waals surface area contributed by atoms with Gasteiger partial charge >= 0.3 is 0 Å². The maximum absolute atomic E-state index is 5.72. The van der Waals surface area contributed by atoms with Gasteiger partial charge in [-0.05, 0) is 31.0 Å². The van der Waals surface area contributed by atoms with E-state index < -0.39 is 0 Å². The van der Waals surface area contributed by atoms with Gasteiger partial charge in [0.1, 0.15) is 17.1 Å². The second-order valence-electron chi connectivity index (χ2n) is 4.07. The maximum atomic E-state index is 5.72. The van der Waals surface area contributed by atoms with Crippen molar-refractivity contribution in [2.24, 2.45) is 5.73 Å². The first-order valence-corrected chi connectivity index (χ1v) is 6.17. The average Bonchev–Trinajstić information content (AvgIpc) is 2.72. The SMILES string of the molecule is CCCOc1ccc2oc(CN)c(CC)c2c1. The van der Waals surface area contributed by atoms with E-state index in [2.05, 4.69) is 13.8 Å². The van der Waals surface area contributed by atoms with E-state index in [4.69, 9.17) is 14.9 Å². The summed E-state index contributed by atoms with van der Waals surface area (Å²) in [4.78, 5) is 0. The molecule has 0 fully saturated rings. The molecule has 2 N–H and O–H groups in total. The Morgan fingerprint density at radius 3 is 2.76 bits per heavy atom. The number of fused-ring (bicyclic) bond motifs is 1. The van der Waals surface area contributed by atoms with E-state index in [-0.39, 0.29) is 0 Å². The lowest BCUT2D eigenvalue weighted by Crippen LogP contribution is -1.97. The monoisotopic (exact) mass is 233 g/mol. The molecule has 92 valence electrons. The Bertz CT molecular complexity index is 502. The lowest BCUT2D eigenvalue weighted by Gasteiger charge is -2.04. The van der Waals surface area contributed by atoms with Crippen LogP contribution in [0.3, 0.4) is 0 Å². The molecule has 0 unspecified atom stereocenters. The fourth-order valence-electron chi connectivity index (χ4n) is 2.04. The first kappa shape index (κ1) is 12.0. The Hall–Kier alpha value is -1.48. The van der Waals surface area contributed by atoms with Gasteiger partial charge in [0.2, 0.25) is 0 Å². The number of benzene rings is 1. The van der Waals surface area contributed by atoms with Crippen molar-refractivity contribution in [3.8, 4) is 5.75 Å². The molecule has 0 spiro atoms. The molecule has 0 radical (unpaired) electrons. The van der Waals surface area contributed by atoms with E-state index in [1.54, 1.807) is 0 Å². The number of hydrogen-bond donors (Lipinski definition) is 1. The first-order valence-electron chi connectivity index (χ1n) is 6.17. The third-order valence-electron chi connectivity index (χ3n) is 2.86. The molecule has 3 heteroatoms. The van der Waals surface area contributed by atoms with E-state index in [0.29, 0.717) is 6.54 Å². The molecule has 1 aromatic carbocycles. The number of aryl methyl sites for hydroxylation is 1. The summed E-state index contributed by atoms with van der Waals surface area (Å²) >= 11 is 0. The second kappa shape index (κ2) is 5.23. The van der Waals surface area contributed by atoms with Gasteiger partial charge in [-0.3, -0.25) is 0 Å². The molecule has 1 aromatic heterocycles. The lowest BCUT2D eigenvalue weighted by molar-refractivity contribution is 0.318. The van der Waals surface area contributed by atoms with Crippen LogP contribution in [0.2, 0.25) is 0 Å². The van der Waals surface area contributed by atoms with Crippen LogP contribution in [0.4, 0.5) is 0 Å². The van der Waals surface area contributed by atoms with Crippen molar-refractivity contribution in [2.45, 2.75) is 33.2 Å². The maximum Gasteiger partial charge on any atom is 0.134 e. The molecule has 17 heavy (non-hydrogen) atoms. The highest BCUT2D eigenvalue weighted by atomic mass is 16.5. The highest BCUT2D eigenvalue weighted by Gasteiger charge is 2.12. The molecular formula is C14H19NO2. The van der Waals surface area contributed by atoms with E-state index >= 15 is 0 Å². The van der Waals surface area contributed by atoms with Gasteiger partial charge in [0.25, 0.3) is 0 Å². The zero-order valence-electron chi connectivity index (χ0n) is 10.5. The van der Waals surface area contributed by atoms with Gasteiger partial charge in [-0.2, -0.15) is 0 Å². The fraction of sp³-hybridized carbons (Fsp3) is 0.429. The van der Waals surface area contributed by atoms with E-state index in [1.807, 2.05) is 18.2 Å². The summed E-state index contributed by atoms with van der Waals surface area (Å²) in [7, 11) is 0. The molecule has 0 amide bonds. The molecule has 0 aliphatic rings. The molecule has 0 aliphatic heterocycles. The van der Waals surface area contributed by atoms with Crippen molar-refractivity contribution in [1.29, 1.82) is 0 Å². The number of rotatable bonds is 5. The van der Waals surface area contributed by atoms with E-state index in [9.17, 15) is 0 Å². The molecule has 3 nitrogen and oxygen atoms in total. The summed E-state index contributed by atoms with van der Waals surface area (Å²) in [6.07, 6.45) is 1.94. The minimum atomic E-state index is 0.447. The van der Waals surface area contributed by atoms with Crippen molar-refractivity contribution in [3.05, 3.63) is 29.5 Å². The van der Waals surface area contributed by atoms with Gasteiger partial charge in [0.05, 0.1) is 13.2 Å². The van der Waals surface area contributed by atoms with Gasteiger partial charge in [-0.15, -0.1) is 0 Å². The zero-order valence-corrected chi connectivity index (χ0v) is 10.5. The molecule has 2 aromatic rings. The smallest absolute Gasteiger partial charge is 0.134 e. The van der Waals surface area contributed by atoms with Crippen LogP contribution >= 0.6 is 0 Å². The summed E-state index contributed by atoms with van der Waals surface area (Å²) in [6, 6.07) is 5.95. The summed E-state index contributed by atoms with van der Waals surface area (Å²) < 4.78 is 11.4. The highest BCUT2D eigenvalue weighted by Crippen LogP contribution is 2.29. The molecule has 0 atom stereocenters. The van der Waals surface area contributed by atoms with Crippen molar-refractivity contribution >= 4 is 11.0 Å². The van der Waals surface area contributed by atoms with Gasteiger partial charge < -0.3 is 14.9 Å². The second-order valence-corrected chi connectivity index (χ2v) is 4.07. The third kappa shape index (κ3) is 2.29. The standard InChI is InChI=1S/C14H19NO2/c1-3-7-16-10-5-6-13-12(8-10)11(4-2)14(9-15)17-13/h5-6,8H,3-4,7,9,15H2,1-2H3. The minimum Gasteiger partial charge on any atom is -0.494 e. The van der Waals surface area contributed by atoms with Crippen LogP contribution in [-0.2, 0) is 13.0 Å². The number of nitrogens with two attached hydrogens (primary N) is 1. The van der Waals surface area contributed by atoms with Crippen LogP contribution in [0.25, 0.3) is 11.0 Å². The van der Waals surface area contributed by atoms with E-state index in [0.717, 1.165) is 41.9 Å². The van der Waals surface area contributed by atoms with Crippen LogP contribution in [0.1, 0.15) is 31.6 Å². The molecular weight excluding hydrogens is 214 g/mol. The lowest BCUT2D eigenvalue weighted by atomic mass is 10.1. The molecule has 2 rings (SSSR count). The fourth-order valence-corrected chi connectivity index (χ4v) is 2.04. The first-order chi connectivity index (χ1) is 8.30. The van der Waals surface area contributed by atoms with Crippen LogP contribution in [0.5, 0.6) is 5.75 Å². The number of furan rings is 1. The number of ether oxygens (including phenoxy) is 1. The van der Waals surface area contributed by atoms with Crippen molar-refractivity contribution in [3.63, 3.8) is 0 Å². The Morgan fingerprint density at radius 2 is 2.12 bits per heavy atom. The Balaban J connectivity index is 2.43. The normalized spacial score (nSPS) is 11.0. The summed E-state index contributed by atoms with van der Waals surface area (Å²) in [5, 5.41) is 1.13. The Labute approximate surface area is 102 Å².